The zero-order chi connectivity index (χ0) is 15.8. The van der Waals surface area contributed by atoms with Gasteiger partial charge in [-0.05, 0) is 58.7 Å². The van der Waals surface area contributed by atoms with Crippen LogP contribution >= 0.6 is 15.9 Å². The molecule has 2 rings (SSSR count). The van der Waals surface area contributed by atoms with Crippen LogP contribution in [0.3, 0.4) is 0 Å². The molecule has 118 valence electrons. The van der Waals surface area contributed by atoms with Gasteiger partial charge in [0.1, 0.15) is 16.0 Å². The van der Waals surface area contributed by atoms with Crippen molar-refractivity contribution in [2.75, 3.05) is 14.2 Å². The van der Waals surface area contributed by atoms with Crippen LogP contribution in [0.1, 0.15) is 45.6 Å². The van der Waals surface area contributed by atoms with E-state index in [9.17, 15) is 5.11 Å². The van der Waals surface area contributed by atoms with E-state index >= 15 is 0 Å². The van der Waals surface area contributed by atoms with Crippen molar-refractivity contribution in [1.29, 1.82) is 0 Å². The third kappa shape index (κ3) is 3.21. The van der Waals surface area contributed by atoms with E-state index in [-0.39, 0.29) is 5.41 Å². The van der Waals surface area contributed by atoms with Gasteiger partial charge >= 0.3 is 0 Å². The zero-order valence-corrected chi connectivity index (χ0v) is 15.1. The Labute approximate surface area is 135 Å². The van der Waals surface area contributed by atoms with E-state index < -0.39 is 5.60 Å². The molecule has 1 aliphatic carbocycles. The van der Waals surface area contributed by atoms with E-state index in [2.05, 4.69) is 36.7 Å². The first kappa shape index (κ1) is 16.6. The molecule has 1 aromatic rings. The fourth-order valence-electron chi connectivity index (χ4n) is 3.99. The molecular formula is C17H25BrO3. The summed E-state index contributed by atoms with van der Waals surface area (Å²) in [5.74, 6) is 1.86. The fraction of sp³-hybridized carbons (Fsp3) is 0.647. The molecule has 0 bridgehead atoms. The highest BCUT2D eigenvalue weighted by atomic mass is 79.9. The summed E-state index contributed by atoms with van der Waals surface area (Å²) in [4.78, 5) is 0. The summed E-state index contributed by atoms with van der Waals surface area (Å²) >= 11 is 3.53. The number of halogens is 1. The van der Waals surface area contributed by atoms with Gasteiger partial charge in [0, 0.05) is 5.56 Å². The Hall–Kier alpha value is -0.740. The summed E-state index contributed by atoms with van der Waals surface area (Å²) in [7, 11) is 3.25. The van der Waals surface area contributed by atoms with Gasteiger partial charge < -0.3 is 14.6 Å². The molecule has 0 amide bonds. The first-order valence-electron chi connectivity index (χ1n) is 7.36. The van der Waals surface area contributed by atoms with E-state index in [0.29, 0.717) is 17.4 Å². The number of ether oxygens (including phenoxy) is 2. The molecule has 1 aromatic carbocycles. The standard InChI is InChI=1S/C17H25BrO3/c1-11-8-16(2,3)10-17(19,9-11)12-6-7-13(20-4)14(18)15(12)21-5/h6-7,11,19H,8-10H2,1-5H3. The molecule has 1 aliphatic rings. The normalized spacial score (nSPS) is 28.2. The van der Waals surface area contributed by atoms with Crippen molar-refractivity contribution in [3.05, 3.63) is 22.2 Å². The van der Waals surface area contributed by atoms with Crippen LogP contribution in [0.2, 0.25) is 0 Å². The molecule has 21 heavy (non-hydrogen) atoms. The number of rotatable bonds is 3. The summed E-state index contributed by atoms with van der Waals surface area (Å²) in [6.45, 7) is 6.65. The van der Waals surface area contributed by atoms with E-state index in [4.69, 9.17) is 9.47 Å². The lowest BCUT2D eigenvalue weighted by Crippen LogP contribution is -2.40. The highest BCUT2D eigenvalue weighted by Gasteiger charge is 2.44. The molecule has 0 spiro atoms. The van der Waals surface area contributed by atoms with Crippen LogP contribution in [0, 0.1) is 11.3 Å². The predicted molar refractivity (Wildman–Crippen MR) is 87.9 cm³/mol. The summed E-state index contributed by atoms with van der Waals surface area (Å²) in [5.41, 5.74) is 0.0998. The second-order valence-corrected chi connectivity index (χ2v) is 7.84. The Morgan fingerprint density at radius 3 is 2.38 bits per heavy atom. The SMILES string of the molecule is COc1ccc(C2(O)CC(C)CC(C)(C)C2)c(OC)c1Br. The molecule has 0 aromatic heterocycles. The molecule has 0 aliphatic heterocycles. The van der Waals surface area contributed by atoms with Gasteiger partial charge in [0.15, 0.2) is 0 Å². The number of hydrogen-bond acceptors (Lipinski definition) is 3. The molecular weight excluding hydrogens is 332 g/mol. The molecule has 1 saturated carbocycles. The molecule has 4 heteroatoms. The Kier molecular flexibility index (Phi) is 4.60. The third-order valence-electron chi connectivity index (χ3n) is 4.35. The van der Waals surface area contributed by atoms with E-state index in [0.717, 1.165) is 29.3 Å². The van der Waals surface area contributed by atoms with Gasteiger partial charge in [-0.25, -0.2) is 0 Å². The Morgan fingerprint density at radius 1 is 1.19 bits per heavy atom. The van der Waals surface area contributed by atoms with Gasteiger partial charge in [0.05, 0.1) is 19.8 Å². The van der Waals surface area contributed by atoms with E-state index in [1.165, 1.54) is 0 Å². The van der Waals surface area contributed by atoms with Crippen LogP contribution in [0.25, 0.3) is 0 Å². The van der Waals surface area contributed by atoms with Crippen molar-refractivity contribution in [2.45, 2.75) is 45.6 Å². The predicted octanol–water partition coefficient (Wildman–Crippen LogP) is 4.50. The van der Waals surface area contributed by atoms with Crippen LogP contribution in [0.15, 0.2) is 16.6 Å². The zero-order valence-electron chi connectivity index (χ0n) is 13.5. The summed E-state index contributed by atoms with van der Waals surface area (Å²) in [6, 6.07) is 3.81. The average Bonchev–Trinajstić information content (AvgIpc) is 2.35. The topological polar surface area (TPSA) is 38.7 Å². The lowest BCUT2D eigenvalue weighted by molar-refractivity contribution is -0.0648. The van der Waals surface area contributed by atoms with Gasteiger partial charge in [-0.1, -0.05) is 20.8 Å². The average molecular weight is 357 g/mol. The minimum absolute atomic E-state index is 0.115. The van der Waals surface area contributed by atoms with Crippen molar-refractivity contribution < 1.29 is 14.6 Å². The van der Waals surface area contributed by atoms with Gasteiger partial charge in [0.2, 0.25) is 0 Å². The molecule has 0 heterocycles. The van der Waals surface area contributed by atoms with Gasteiger partial charge in [0.25, 0.3) is 0 Å². The van der Waals surface area contributed by atoms with Crippen LogP contribution < -0.4 is 9.47 Å². The summed E-state index contributed by atoms with van der Waals surface area (Å²) < 4.78 is 11.6. The van der Waals surface area contributed by atoms with Crippen molar-refractivity contribution in [3.8, 4) is 11.5 Å². The van der Waals surface area contributed by atoms with E-state index in [1.807, 2.05) is 12.1 Å². The van der Waals surface area contributed by atoms with Crippen molar-refractivity contribution >= 4 is 15.9 Å². The smallest absolute Gasteiger partial charge is 0.142 e. The number of benzene rings is 1. The lowest BCUT2D eigenvalue weighted by Gasteiger charge is -2.45. The minimum Gasteiger partial charge on any atom is -0.495 e. The number of methoxy groups -OCH3 is 2. The van der Waals surface area contributed by atoms with Crippen molar-refractivity contribution in [3.63, 3.8) is 0 Å². The van der Waals surface area contributed by atoms with Crippen molar-refractivity contribution in [1.82, 2.24) is 0 Å². The minimum atomic E-state index is -0.860. The maximum atomic E-state index is 11.3. The first-order valence-corrected chi connectivity index (χ1v) is 8.15. The van der Waals surface area contributed by atoms with Gasteiger partial charge in [-0.15, -0.1) is 0 Å². The number of aliphatic hydroxyl groups is 1. The van der Waals surface area contributed by atoms with Crippen LogP contribution in [0.5, 0.6) is 11.5 Å². The molecule has 0 radical (unpaired) electrons. The van der Waals surface area contributed by atoms with Crippen LogP contribution in [0.4, 0.5) is 0 Å². The second-order valence-electron chi connectivity index (χ2n) is 7.05. The molecule has 0 saturated heterocycles. The molecule has 2 unspecified atom stereocenters. The number of hydrogen-bond donors (Lipinski definition) is 1. The highest BCUT2D eigenvalue weighted by molar-refractivity contribution is 9.10. The highest BCUT2D eigenvalue weighted by Crippen LogP contribution is 2.52. The largest absolute Gasteiger partial charge is 0.495 e. The van der Waals surface area contributed by atoms with Crippen LogP contribution in [-0.4, -0.2) is 19.3 Å². The summed E-state index contributed by atoms with van der Waals surface area (Å²) in [6.07, 6.45) is 2.62. The fourth-order valence-corrected chi connectivity index (χ4v) is 4.66. The maximum Gasteiger partial charge on any atom is 0.142 e. The molecule has 3 nitrogen and oxygen atoms in total. The summed E-state index contributed by atoms with van der Waals surface area (Å²) in [5, 5.41) is 11.3. The third-order valence-corrected chi connectivity index (χ3v) is 5.10. The lowest BCUT2D eigenvalue weighted by atomic mass is 9.64. The Bertz CT molecular complexity index is 527. The molecule has 1 N–H and O–H groups in total. The Balaban J connectivity index is 2.52. The van der Waals surface area contributed by atoms with E-state index in [1.54, 1.807) is 14.2 Å². The molecule has 1 fully saturated rings. The quantitative estimate of drug-likeness (QED) is 0.866. The maximum absolute atomic E-state index is 11.3. The van der Waals surface area contributed by atoms with Gasteiger partial charge in [-0.3, -0.25) is 0 Å². The first-order chi connectivity index (χ1) is 9.72. The monoisotopic (exact) mass is 356 g/mol. The Morgan fingerprint density at radius 2 is 1.86 bits per heavy atom. The van der Waals surface area contributed by atoms with Gasteiger partial charge in [-0.2, -0.15) is 0 Å². The second kappa shape index (κ2) is 5.81. The van der Waals surface area contributed by atoms with Crippen LogP contribution in [-0.2, 0) is 5.60 Å². The van der Waals surface area contributed by atoms with Crippen molar-refractivity contribution in [2.24, 2.45) is 11.3 Å². The molecule has 2 atom stereocenters.